The molecule has 0 aliphatic carbocycles. The molecule has 1 aromatic heterocycles. The number of ether oxygens (including phenoxy) is 1. The summed E-state index contributed by atoms with van der Waals surface area (Å²) in [5.74, 6) is 4.67. The molecule has 4 heteroatoms. The Labute approximate surface area is 105 Å². The van der Waals surface area contributed by atoms with Crippen LogP contribution in [0, 0.1) is 11.8 Å². The summed E-state index contributed by atoms with van der Waals surface area (Å²) in [6, 6.07) is 7.54. The summed E-state index contributed by atoms with van der Waals surface area (Å²) in [5.41, 5.74) is 2.74. The highest BCUT2D eigenvalue weighted by atomic mass is 16.5. The average Bonchev–Trinajstić information content (AvgIpc) is 2.91. The number of benzene rings is 1. The fourth-order valence-electron chi connectivity index (χ4n) is 1.44. The largest absolute Gasteiger partial charge is 0.456 e. The van der Waals surface area contributed by atoms with Crippen LogP contribution in [0.25, 0.3) is 11.3 Å². The molecule has 0 radical (unpaired) electrons. The van der Waals surface area contributed by atoms with E-state index in [0.29, 0.717) is 6.61 Å². The van der Waals surface area contributed by atoms with Crippen molar-refractivity contribution in [2.75, 3.05) is 6.61 Å². The van der Waals surface area contributed by atoms with Crippen LogP contribution in [0.2, 0.25) is 0 Å². The molecule has 0 spiro atoms. The van der Waals surface area contributed by atoms with Crippen LogP contribution < -0.4 is 0 Å². The monoisotopic (exact) mass is 240 g/mol. The van der Waals surface area contributed by atoms with Crippen molar-refractivity contribution in [3.63, 3.8) is 0 Å². The highest BCUT2D eigenvalue weighted by molar-refractivity contribution is 5.89. The Morgan fingerprint density at radius 3 is 2.78 bits per heavy atom. The van der Waals surface area contributed by atoms with Crippen molar-refractivity contribution in [1.29, 1.82) is 0 Å². The molecular weight excluding hydrogens is 228 g/mol. The van der Waals surface area contributed by atoms with Crippen LogP contribution in [0.15, 0.2) is 36.8 Å². The number of carbonyl (C=O) groups excluding carboxylic acids is 1. The van der Waals surface area contributed by atoms with Crippen LogP contribution in [0.4, 0.5) is 0 Å². The summed E-state index contributed by atoms with van der Waals surface area (Å²) in [4.78, 5) is 18.0. The second-order valence-corrected chi connectivity index (χ2v) is 3.51. The average molecular weight is 240 g/mol. The van der Waals surface area contributed by atoms with E-state index in [0.717, 1.165) is 16.8 Å². The Morgan fingerprint density at radius 2 is 2.17 bits per heavy atom. The fourth-order valence-corrected chi connectivity index (χ4v) is 1.44. The van der Waals surface area contributed by atoms with Gasteiger partial charge in [-0.25, -0.2) is 9.78 Å². The number of hydrogen-bond donors (Lipinski definition) is 1. The number of H-pyrrole nitrogens is 1. The molecule has 0 aliphatic heterocycles. The maximum atomic E-state index is 11.1. The third-order valence-corrected chi connectivity index (χ3v) is 2.28. The molecule has 0 saturated carbocycles. The molecule has 0 unspecified atom stereocenters. The van der Waals surface area contributed by atoms with Crippen molar-refractivity contribution in [3.8, 4) is 23.1 Å². The van der Waals surface area contributed by atoms with Gasteiger partial charge in [0, 0.05) is 11.5 Å². The first kappa shape index (κ1) is 11.9. The fraction of sp³-hybridized carbons (Fsp3) is 0.143. The molecule has 2 aromatic rings. The molecule has 1 aromatic carbocycles. The lowest BCUT2D eigenvalue weighted by Gasteiger charge is -1.97. The van der Waals surface area contributed by atoms with E-state index >= 15 is 0 Å². The maximum Gasteiger partial charge on any atom is 0.384 e. The van der Waals surface area contributed by atoms with Crippen molar-refractivity contribution in [2.45, 2.75) is 6.92 Å². The van der Waals surface area contributed by atoms with Gasteiger partial charge in [-0.1, -0.05) is 18.1 Å². The zero-order valence-electron chi connectivity index (χ0n) is 9.93. The van der Waals surface area contributed by atoms with Crippen molar-refractivity contribution in [2.24, 2.45) is 0 Å². The second-order valence-electron chi connectivity index (χ2n) is 3.51. The van der Waals surface area contributed by atoms with E-state index in [1.165, 1.54) is 0 Å². The topological polar surface area (TPSA) is 55.0 Å². The lowest BCUT2D eigenvalue weighted by molar-refractivity contribution is -0.136. The van der Waals surface area contributed by atoms with Gasteiger partial charge in [0.25, 0.3) is 0 Å². The molecular formula is C14H12N2O2. The van der Waals surface area contributed by atoms with Crippen LogP contribution in [-0.4, -0.2) is 22.5 Å². The smallest absolute Gasteiger partial charge is 0.384 e. The summed E-state index contributed by atoms with van der Waals surface area (Å²) in [6.45, 7) is 2.09. The van der Waals surface area contributed by atoms with E-state index in [9.17, 15) is 4.79 Å². The first-order valence-corrected chi connectivity index (χ1v) is 5.57. The number of rotatable bonds is 2. The van der Waals surface area contributed by atoms with Crippen LogP contribution >= 0.6 is 0 Å². The molecule has 2 rings (SSSR count). The minimum Gasteiger partial charge on any atom is -0.456 e. The van der Waals surface area contributed by atoms with Gasteiger partial charge in [0.2, 0.25) is 0 Å². The van der Waals surface area contributed by atoms with Gasteiger partial charge in [0.15, 0.2) is 0 Å². The Morgan fingerprint density at radius 1 is 1.39 bits per heavy atom. The van der Waals surface area contributed by atoms with Crippen LogP contribution in [0.1, 0.15) is 12.5 Å². The zero-order valence-corrected chi connectivity index (χ0v) is 9.93. The zero-order chi connectivity index (χ0) is 12.8. The standard InChI is InChI=1S/C14H12N2O2/c1-2-18-14(17)8-5-11-3-6-12(7-4-11)13-9-15-10-16-13/h3-4,6-7,9-10H,2H2,1H3,(H,15,16). The first-order valence-electron chi connectivity index (χ1n) is 5.57. The van der Waals surface area contributed by atoms with E-state index in [4.69, 9.17) is 4.74 Å². The minimum atomic E-state index is -0.504. The minimum absolute atomic E-state index is 0.340. The number of aromatic amines is 1. The molecule has 0 atom stereocenters. The van der Waals surface area contributed by atoms with Crippen LogP contribution in [0.5, 0.6) is 0 Å². The predicted molar refractivity (Wildman–Crippen MR) is 67.5 cm³/mol. The second kappa shape index (κ2) is 5.69. The van der Waals surface area contributed by atoms with Crippen molar-refractivity contribution in [3.05, 3.63) is 42.4 Å². The lowest BCUT2D eigenvalue weighted by atomic mass is 10.1. The van der Waals surface area contributed by atoms with E-state index in [1.54, 1.807) is 19.4 Å². The summed E-state index contributed by atoms with van der Waals surface area (Å²) in [5, 5.41) is 0. The van der Waals surface area contributed by atoms with Crippen LogP contribution in [0.3, 0.4) is 0 Å². The number of nitrogens with one attached hydrogen (secondary N) is 1. The van der Waals surface area contributed by atoms with Crippen molar-refractivity contribution >= 4 is 5.97 Å². The molecule has 0 aliphatic rings. The van der Waals surface area contributed by atoms with Gasteiger partial charge in [-0.05, 0) is 24.6 Å². The number of aromatic nitrogens is 2. The number of carbonyl (C=O) groups is 1. The molecule has 4 nitrogen and oxygen atoms in total. The Kier molecular flexibility index (Phi) is 3.77. The van der Waals surface area contributed by atoms with Gasteiger partial charge in [-0.3, -0.25) is 0 Å². The summed E-state index contributed by atoms with van der Waals surface area (Å²) < 4.78 is 4.72. The van der Waals surface area contributed by atoms with Gasteiger partial charge in [-0.15, -0.1) is 0 Å². The SMILES string of the molecule is CCOC(=O)C#Cc1ccc(-c2cnc[nH]2)cc1. The molecule has 18 heavy (non-hydrogen) atoms. The molecule has 0 fully saturated rings. The van der Waals surface area contributed by atoms with Gasteiger partial charge >= 0.3 is 5.97 Å². The normalized spacial score (nSPS) is 9.39. The summed E-state index contributed by atoms with van der Waals surface area (Å²) in [6.07, 6.45) is 3.38. The molecule has 0 amide bonds. The van der Waals surface area contributed by atoms with Gasteiger partial charge in [0.1, 0.15) is 0 Å². The van der Waals surface area contributed by atoms with Crippen LogP contribution in [-0.2, 0) is 9.53 Å². The summed E-state index contributed by atoms with van der Waals surface area (Å²) >= 11 is 0. The third-order valence-electron chi connectivity index (χ3n) is 2.28. The lowest BCUT2D eigenvalue weighted by Crippen LogP contribution is -1.99. The van der Waals surface area contributed by atoms with Crippen molar-refractivity contribution < 1.29 is 9.53 Å². The number of hydrogen-bond acceptors (Lipinski definition) is 3. The van der Waals surface area contributed by atoms with E-state index in [2.05, 4.69) is 21.8 Å². The van der Waals surface area contributed by atoms with E-state index in [-0.39, 0.29) is 0 Å². The quantitative estimate of drug-likeness (QED) is 0.645. The molecule has 0 bridgehead atoms. The van der Waals surface area contributed by atoms with E-state index in [1.807, 2.05) is 24.3 Å². The maximum absolute atomic E-state index is 11.1. The number of esters is 1. The Balaban J connectivity index is 2.11. The summed E-state index contributed by atoms with van der Waals surface area (Å²) in [7, 11) is 0. The van der Waals surface area contributed by atoms with E-state index < -0.39 is 5.97 Å². The highest BCUT2D eigenvalue weighted by Gasteiger charge is 1.98. The number of imidazole rings is 1. The van der Waals surface area contributed by atoms with Gasteiger partial charge < -0.3 is 9.72 Å². The highest BCUT2D eigenvalue weighted by Crippen LogP contribution is 2.15. The third kappa shape index (κ3) is 2.98. The molecule has 1 N–H and O–H groups in total. The predicted octanol–water partition coefficient (Wildman–Crippen LogP) is 1.99. The Bertz CT molecular complexity index is 575. The molecule has 0 saturated heterocycles. The first-order chi connectivity index (χ1) is 8.79. The van der Waals surface area contributed by atoms with Gasteiger partial charge in [0.05, 0.1) is 24.8 Å². The number of nitrogens with zero attached hydrogens (tertiary/aromatic N) is 1. The van der Waals surface area contributed by atoms with Crippen molar-refractivity contribution in [1.82, 2.24) is 9.97 Å². The Hall–Kier alpha value is -2.54. The van der Waals surface area contributed by atoms with Gasteiger partial charge in [-0.2, -0.15) is 0 Å². The molecule has 90 valence electrons. The molecule has 1 heterocycles.